The Labute approximate surface area is 113 Å². The second-order valence-corrected chi connectivity index (χ2v) is 5.36. The van der Waals surface area contributed by atoms with Gasteiger partial charge in [0.05, 0.1) is 17.9 Å². The first-order valence-corrected chi connectivity index (χ1v) is 6.39. The lowest BCUT2D eigenvalue weighted by Gasteiger charge is -2.19. The summed E-state index contributed by atoms with van der Waals surface area (Å²) in [6.07, 6.45) is -1.39. The van der Waals surface area contributed by atoms with Gasteiger partial charge in [-0.3, -0.25) is 0 Å². The summed E-state index contributed by atoms with van der Waals surface area (Å²) in [4.78, 5) is 2.27. The van der Waals surface area contributed by atoms with Gasteiger partial charge in [0.1, 0.15) is 4.99 Å². The summed E-state index contributed by atoms with van der Waals surface area (Å²) in [6.45, 7) is 0.846. The van der Waals surface area contributed by atoms with E-state index in [9.17, 15) is 10.2 Å². The van der Waals surface area contributed by atoms with Crippen molar-refractivity contribution in [3.63, 3.8) is 0 Å². The third kappa shape index (κ3) is 2.60. The molecule has 1 aliphatic rings. The summed E-state index contributed by atoms with van der Waals surface area (Å²) in [7, 11) is 0. The lowest BCUT2D eigenvalue weighted by Crippen LogP contribution is -2.22. The maximum atomic E-state index is 9.52. The first-order valence-electron chi connectivity index (χ1n) is 5.19. The van der Waals surface area contributed by atoms with Crippen LogP contribution in [0.25, 0.3) is 0 Å². The number of rotatable bonds is 2. The SMILES string of the molecule is NC(=S)c1ccc(N2CC(O)C(O)C2)c(Br)c1. The fourth-order valence-electron chi connectivity index (χ4n) is 1.88. The van der Waals surface area contributed by atoms with Crippen LogP contribution in [-0.2, 0) is 0 Å². The van der Waals surface area contributed by atoms with Gasteiger partial charge in [-0.25, -0.2) is 0 Å². The second kappa shape index (κ2) is 4.89. The Morgan fingerprint density at radius 2 is 1.94 bits per heavy atom. The van der Waals surface area contributed by atoms with Crippen molar-refractivity contribution in [2.24, 2.45) is 5.73 Å². The van der Waals surface area contributed by atoms with Crippen molar-refractivity contribution < 1.29 is 10.2 Å². The highest BCUT2D eigenvalue weighted by Gasteiger charge is 2.30. The van der Waals surface area contributed by atoms with Crippen LogP contribution in [0, 0.1) is 0 Å². The third-order valence-corrected chi connectivity index (χ3v) is 3.70. The summed E-state index contributed by atoms with van der Waals surface area (Å²) in [5, 5.41) is 19.0. The molecular weight excluding hydrogens is 304 g/mol. The molecule has 2 rings (SSSR count). The van der Waals surface area contributed by atoms with E-state index in [-0.39, 0.29) is 0 Å². The van der Waals surface area contributed by atoms with Crippen molar-refractivity contribution in [1.29, 1.82) is 0 Å². The van der Waals surface area contributed by atoms with E-state index in [0.717, 1.165) is 15.7 Å². The number of aliphatic hydroxyl groups is 2. The molecule has 92 valence electrons. The predicted molar refractivity (Wildman–Crippen MR) is 74.3 cm³/mol. The molecule has 0 spiro atoms. The largest absolute Gasteiger partial charge is 0.389 e. The van der Waals surface area contributed by atoms with Gasteiger partial charge in [-0.1, -0.05) is 12.2 Å². The van der Waals surface area contributed by atoms with E-state index in [2.05, 4.69) is 15.9 Å². The van der Waals surface area contributed by atoms with E-state index in [4.69, 9.17) is 18.0 Å². The van der Waals surface area contributed by atoms with Crippen LogP contribution in [0.3, 0.4) is 0 Å². The summed E-state index contributed by atoms with van der Waals surface area (Å²) in [5.74, 6) is 0. The number of anilines is 1. The molecule has 4 N–H and O–H groups in total. The highest BCUT2D eigenvalue weighted by molar-refractivity contribution is 9.10. The fourth-order valence-corrected chi connectivity index (χ4v) is 2.64. The van der Waals surface area contributed by atoms with Crippen molar-refractivity contribution in [3.05, 3.63) is 28.2 Å². The number of halogens is 1. The van der Waals surface area contributed by atoms with Gasteiger partial charge in [0, 0.05) is 23.1 Å². The highest BCUT2D eigenvalue weighted by Crippen LogP contribution is 2.30. The van der Waals surface area contributed by atoms with Gasteiger partial charge in [0.25, 0.3) is 0 Å². The van der Waals surface area contributed by atoms with Crippen molar-refractivity contribution in [1.82, 2.24) is 0 Å². The molecule has 0 aliphatic carbocycles. The van der Waals surface area contributed by atoms with Gasteiger partial charge < -0.3 is 20.8 Å². The van der Waals surface area contributed by atoms with Gasteiger partial charge in [0.2, 0.25) is 0 Å². The minimum Gasteiger partial charge on any atom is -0.389 e. The number of hydrogen-bond acceptors (Lipinski definition) is 4. The number of hydrogen-bond donors (Lipinski definition) is 3. The highest BCUT2D eigenvalue weighted by atomic mass is 79.9. The van der Waals surface area contributed by atoms with E-state index in [1.807, 2.05) is 23.1 Å². The van der Waals surface area contributed by atoms with Gasteiger partial charge >= 0.3 is 0 Å². The Morgan fingerprint density at radius 3 is 2.41 bits per heavy atom. The Kier molecular flexibility index (Phi) is 3.67. The Hall–Kier alpha value is -0.690. The van der Waals surface area contributed by atoms with Crippen LogP contribution in [0.4, 0.5) is 5.69 Å². The fraction of sp³-hybridized carbons (Fsp3) is 0.364. The van der Waals surface area contributed by atoms with Crippen LogP contribution in [0.15, 0.2) is 22.7 Å². The molecule has 2 atom stereocenters. The quantitative estimate of drug-likeness (QED) is 0.698. The topological polar surface area (TPSA) is 69.7 Å². The number of nitrogens with zero attached hydrogens (tertiary/aromatic N) is 1. The summed E-state index contributed by atoms with van der Waals surface area (Å²) >= 11 is 8.35. The van der Waals surface area contributed by atoms with Crippen LogP contribution < -0.4 is 10.6 Å². The molecule has 2 unspecified atom stereocenters. The van der Waals surface area contributed by atoms with E-state index in [1.165, 1.54) is 0 Å². The lowest BCUT2D eigenvalue weighted by molar-refractivity contribution is 0.0572. The Morgan fingerprint density at radius 1 is 1.35 bits per heavy atom. The van der Waals surface area contributed by atoms with Crippen LogP contribution in [0.5, 0.6) is 0 Å². The summed E-state index contributed by atoms with van der Waals surface area (Å²) in [6, 6.07) is 5.55. The van der Waals surface area contributed by atoms with Crippen LogP contribution in [0.1, 0.15) is 5.56 Å². The molecule has 1 heterocycles. The molecule has 4 nitrogen and oxygen atoms in total. The van der Waals surface area contributed by atoms with Gasteiger partial charge in [-0.05, 0) is 34.1 Å². The van der Waals surface area contributed by atoms with Gasteiger partial charge in [0.15, 0.2) is 0 Å². The number of nitrogens with two attached hydrogens (primary N) is 1. The van der Waals surface area contributed by atoms with Gasteiger partial charge in [-0.2, -0.15) is 0 Å². The standard InChI is InChI=1S/C11H13BrN2O2S/c12-7-3-6(11(13)17)1-2-8(7)14-4-9(15)10(16)5-14/h1-3,9-10,15-16H,4-5H2,(H2,13,17). The molecule has 1 saturated heterocycles. The molecule has 6 heteroatoms. The molecule has 17 heavy (non-hydrogen) atoms. The van der Waals surface area contributed by atoms with Crippen LogP contribution in [-0.4, -0.2) is 40.5 Å². The monoisotopic (exact) mass is 316 g/mol. The van der Waals surface area contributed by atoms with E-state index >= 15 is 0 Å². The maximum absolute atomic E-state index is 9.52. The average Bonchev–Trinajstić information content (AvgIpc) is 2.58. The van der Waals surface area contributed by atoms with E-state index in [1.54, 1.807) is 0 Å². The normalized spacial score (nSPS) is 24.1. The van der Waals surface area contributed by atoms with Gasteiger partial charge in [-0.15, -0.1) is 0 Å². The second-order valence-electron chi connectivity index (χ2n) is 4.07. The van der Waals surface area contributed by atoms with Crippen molar-refractivity contribution in [2.75, 3.05) is 18.0 Å². The molecule has 0 amide bonds. The maximum Gasteiger partial charge on any atom is 0.104 e. The van der Waals surface area contributed by atoms with Crippen molar-refractivity contribution in [2.45, 2.75) is 12.2 Å². The Bertz CT molecular complexity index is 445. The zero-order valence-corrected chi connectivity index (χ0v) is 11.4. The molecular formula is C11H13BrN2O2S. The van der Waals surface area contributed by atoms with Crippen LogP contribution >= 0.6 is 28.1 Å². The van der Waals surface area contributed by atoms with Crippen molar-refractivity contribution >= 4 is 38.8 Å². The average molecular weight is 317 g/mol. The number of β-amino-alcohol motifs (C(OH)–C–C–N with tert-alkyl or cyclic N) is 2. The lowest BCUT2D eigenvalue weighted by atomic mass is 10.2. The van der Waals surface area contributed by atoms with Crippen LogP contribution in [0.2, 0.25) is 0 Å². The molecule has 0 radical (unpaired) electrons. The molecule has 1 aromatic carbocycles. The zero-order valence-electron chi connectivity index (χ0n) is 9.01. The number of aliphatic hydroxyl groups excluding tert-OH is 2. The minimum absolute atomic E-state index is 0.346. The number of thiocarbonyl (C=S) groups is 1. The third-order valence-electron chi connectivity index (χ3n) is 2.83. The molecule has 0 saturated carbocycles. The molecule has 1 aliphatic heterocycles. The van der Waals surface area contributed by atoms with Crippen molar-refractivity contribution in [3.8, 4) is 0 Å². The molecule has 0 bridgehead atoms. The first kappa shape index (κ1) is 12.8. The first-order chi connectivity index (χ1) is 7.99. The predicted octanol–water partition coefficient (Wildman–Crippen LogP) is 0.625. The summed E-state index contributed by atoms with van der Waals surface area (Å²) in [5.41, 5.74) is 7.25. The number of benzene rings is 1. The Balaban J connectivity index is 2.26. The van der Waals surface area contributed by atoms with E-state index in [0.29, 0.717) is 18.1 Å². The summed E-state index contributed by atoms with van der Waals surface area (Å²) < 4.78 is 0.851. The van der Waals surface area contributed by atoms with E-state index < -0.39 is 12.2 Å². The minimum atomic E-state index is -0.697. The smallest absolute Gasteiger partial charge is 0.104 e. The molecule has 1 fully saturated rings. The molecule has 0 aromatic heterocycles. The zero-order chi connectivity index (χ0) is 12.6. The molecule has 1 aromatic rings.